The van der Waals surface area contributed by atoms with Crippen molar-refractivity contribution in [2.24, 2.45) is 7.05 Å². The molecule has 1 N–H and O–H groups in total. The van der Waals surface area contributed by atoms with Crippen LogP contribution < -0.4 is 10.1 Å². The van der Waals surface area contributed by atoms with Gasteiger partial charge >= 0.3 is 0 Å². The number of carbonyl (C=O) groups is 1. The van der Waals surface area contributed by atoms with E-state index in [4.69, 9.17) is 4.74 Å². The van der Waals surface area contributed by atoms with Crippen LogP contribution in [0.3, 0.4) is 0 Å². The Bertz CT molecular complexity index is 959. The molecule has 0 saturated heterocycles. The lowest BCUT2D eigenvalue weighted by atomic mass is 10.2. The largest absolute Gasteiger partial charge is 0.496 e. The number of benzene rings is 2. The Hall–Kier alpha value is -2.87. The summed E-state index contributed by atoms with van der Waals surface area (Å²) in [5.74, 6) is 0.938. The molecule has 0 radical (unpaired) electrons. The normalized spacial score (nSPS) is 11.9. The first-order valence-electron chi connectivity index (χ1n) is 8.71. The lowest BCUT2D eigenvalue weighted by Gasteiger charge is -2.13. The monoisotopic (exact) mass is 400 g/mol. The Morgan fingerprint density at radius 2 is 1.93 bits per heavy atom. The molecule has 0 saturated carbocycles. The maximum atomic E-state index is 13.1. The Labute approximate surface area is 167 Å². The smallest absolute Gasteiger partial charge is 0.233 e. The topological polar surface area (TPSA) is 69.0 Å². The van der Waals surface area contributed by atoms with E-state index in [-0.39, 0.29) is 17.0 Å². The van der Waals surface area contributed by atoms with Gasteiger partial charge in [-0.3, -0.25) is 4.79 Å². The number of hydrogen-bond acceptors (Lipinski definition) is 5. The fraction of sp³-hybridized carbons (Fsp3) is 0.250. The summed E-state index contributed by atoms with van der Waals surface area (Å²) < 4.78 is 20.2. The number of hydrogen-bond donors (Lipinski definition) is 1. The van der Waals surface area contributed by atoms with Crippen LogP contribution in [0.5, 0.6) is 5.75 Å². The van der Waals surface area contributed by atoms with E-state index < -0.39 is 0 Å². The van der Waals surface area contributed by atoms with Gasteiger partial charge in [0.1, 0.15) is 11.6 Å². The van der Waals surface area contributed by atoms with Gasteiger partial charge in [-0.25, -0.2) is 4.39 Å². The molecule has 2 aromatic carbocycles. The second-order valence-corrected chi connectivity index (χ2v) is 7.47. The Morgan fingerprint density at radius 1 is 1.21 bits per heavy atom. The molecular formula is C20H21FN4O2S. The van der Waals surface area contributed by atoms with Crippen molar-refractivity contribution in [2.75, 3.05) is 7.11 Å². The molecule has 0 unspecified atom stereocenters. The molecule has 1 heterocycles. The van der Waals surface area contributed by atoms with Gasteiger partial charge in [-0.2, -0.15) is 0 Å². The predicted octanol–water partition coefficient (Wildman–Crippen LogP) is 3.43. The Kier molecular flexibility index (Phi) is 6.30. The number of para-hydroxylation sites is 1. The SMILES string of the molecule is COc1ccccc1CNC(=O)[C@H](C)Sc1nnc(-c2ccc(F)cc2)n1C. The highest BCUT2D eigenvalue weighted by atomic mass is 32.2. The summed E-state index contributed by atoms with van der Waals surface area (Å²) in [5.41, 5.74) is 1.67. The van der Waals surface area contributed by atoms with Crippen molar-refractivity contribution in [1.82, 2.24) is 20.1 Å². The highest BCUT2D eigenvalue weighted by Crippen LogP contribution is 2.26. The van der Waals surface area contributed by atoms with E-state index in [2.05, 4.69) is 15.5 Å². The standard InChI is InChI=1S/C20H21FN4O2S/c1-13(19(26)22-12-15-6-4-5-7-17(15)27-3)28-20-24-23-18(25(20)2)14-8-10-16(21)11-9-14/h4-11,13H,12H2,1-3H3,(H,22,26)/t13-/m0/s1. The molecule has 6 nitrogen and oxygen atoms in total. The van der Waals surface area contributed by atoms with Crippen LogP contribution in [0, 0.1) is 5.82 Å². The number of ether oxygens (including phenoxy) is 1. The summed E-state index contributed by atoms with van der Waals surface area (Å²) in [6, 6.07) is 13.6. The predicted molar refractivity (Wildman–Crippen MR) is 107 cm³/mol. The van der Waals surface area contributed by atoms with E-state index in [9.17, 15) is 9.18 Å². The van der Waals surface area contributed by atoms with Crippen molar-refractivity contribution in [1.29, 1.82) is 0 Å². The lowest BCUT2D eigenvalue weighted by Crippen LogP contribution is -2.30. The third-order valence-electron chi connectivity index (χ3n) is 4.23. The van der Waals surface area contributed by atoms with Gasteiger partial charge in [-0.05, 0) is 37.3 Å². The van der Waals surface area contributed by atoms with Gasteiger partial charge in [0, 0.05) is 24.7 Å². The van der Waals surface area contributed by atoms with Gasteiger partial charge < -0.3 is 14.6 Å². The average molecular weight is 400 g/mol. The fourth-order valence-corrected chi connectivity index (χ4v) is 3.49. The zero-order valence-electron chi connectivity index (χ0n) is 15.8. The maximum Gasteiger partial charge on any atom is 0.233 e. The van der Waals surface area contributed by atoms with Crippen LogP contribution >= 0.6 is 11.8 Å². The molecule has 0 aliphatic rings. The van der Waals surface area contributed by atoms with E-state index in [0.29, 0.717) is 17.5 Å². The number of methoxy groups -OCH3 is 1. The van der Waals surface area contributed by atoms with E-state index >= 15 is 0 Å². The van der Waals surface area contributed by atoms with Gasteiger partial charge in [-0.15, -0.1) is 10.2 Å². The van der Waals surface area contributed by atoms with Crippen LogP contribution in [-0.4, -0.2) is 33.0 Å². The molecule has 0 fully saturated rings. The summed E-state index contributed by atoms with van der Waals surface area (Å²) in [7, 11) is 3.42. The van der Waals surface area contributed by atoms with Crippen molar-refractivity contribution in [3.63, 3.8) is 0 Å². The van der Waals surface area contributed by atoms with Crippen LogP contribution in [0.2, 0.25) is 0 Å². The van der Waals surface area contributed by atoms with Crippen LogP contribution in [-0.2, 0) is 18.4 Å². The number of nitrogens with one attached hydrogen (secondary N) is 1. The van der Waals surface area contributed by atoms with Crippen LogP contribution in [0.25, 0.3) is 11.4 Å². The van der Waals surface area contributed by atoms with E-state index in [1.807, 2.05) is 38.2 Å². The van der Waals surface area contributed by atoms with Crippen molar-refractivity contribution in [2.45, 2.75) is 23.9 Å². The minimum absolute atomic E-state index is 0.109. The molecule has 8 heteroatoms. The molecule has 0 bridgehead atoms. The highest BCUT2D eigenvalue weighted by molar-refractivity contribution is 8.00. The van der Waals surface area contributed by atoms with Gasteiger partial charge in [-0.1, -0.05) is 30.0 Å². The zero-order valence-corrected chi connectivity index (χ0v) is 16.7. The second-order valence-electron chi connectivity index (χ2n) is 6.16. The van der Waals surface area contributed by atoms with Crippen LogP contribution in [0.4, 0.5) is 4.39 Å². The van der Waals surface area contributed by atoms with E-state index in [1.54, 1.807) is 23.8 Å². The van der Waals surface area contributed by atoms with Gasteiger partial charge in [0.15, 0.2) is 11.0 Å². The maximum absolute atomic E-state index is 13.1. The number of rotatable bonds is 7. The summed E-state index contributed by atoms with van der Waals surface area (Å²) in [6.45, 7) is 2.20. The molecule has 1 amide bonds. The molecule has 1 aromatic heterocycles. The van der Waals surface area contributed by atoms with Crippen molar-refractivity contribution in [3.05, 3.63) is 59.9 Å². The van der Waals surface area contributed by atoms with E-state index in [0.717, 1.165) is 16.9 Å². The Balaban J connectivity index is 1.63. The zero-order chi connectivity index (χ0) is 20.1. The first-order chi connectivity index (χ1) is 13.5. The first kappa shape index (κ1) is 19.9. The molecule has 0 spiro atoms. The van der Waals surface area contributed by atoms with E-state index in [1.165, 1.54) is 23.9 Å². The van der Waals surface area contributed by atoms with Crippen LogP contribution in [0.1, 0.15) is 12.5 Å². The summed E-state index contributed by atoms with van der Waals surface area (Å²) in [5, 5.41) is 11.5. The quantitative estimate of drug-likeness (QED) is 0.616. The molecule has 0 aliphatic carbocycles. The average Bonchev–Trinajstić information content (AvgIpc) is 3.07. The third kappa shape index (κ3) is 4.51. The lowest BCUT2D eigenvalue weighted by molar-refractivity contribution is -0.120. The number of carbonyl (C=O) groups excluding carboxylic acids is 1. The molecule has 28 heavy (non-hydrogen) atoms. The number of thioether (sulfide) groups is 1. The van der Waals surface area contributed by atoms with Crippen molar-refractivity contribution >= 4 is 17.7 Å². The number of nitrogens with zero attached hydrogens (tertiary/aromatic N) is 3. The summed E-state index contributed by atoms with van der Waals surface area (Å²) in [6.07, 6.45) is 0. The molecular weight excluding hydrogens is 379 g/mol. The first-order valence-corrected chi connectivity index (χ1v) is 9.59. The minimum Gasteiger partial charge on any atom is -0.496 e. The summed E-state index contributed by atoms with van der Waals surface area (Å²) >= 11 is 1.31. The van der Waals surface area contributed by atoms with Crippen molar-refractivity contribution < 1.29 is 13.9 Å². The summed E-state index contributed by atoms with van der Waals surface area (Å²) in [4.78, 5) is 12.5. The van der Waals surface area contributed by atoms with Crippen LogP contribution in [0.15, 0.2) is 53.7 Å². The highest BCUT2D eigenvalue weighted by Gasteiger charge is 2.19. The number of halogens is 1. The number of amides is 1. The minimum atomic E-state index is -0.362. The second kappa shape index (κ2) is 8.88. The molecule has 1 atom stereocenters. The van der Waals surface area contributed by atoms with Gasteiger partial charge in [0.05, 0.1) is 12.4 Å². The van der Waals surface area contributed by atoms with Gasteiger partial charge in [0.25, 0.3) is 0 Å². The Morgan fingerprint density at radius 3 is 2.64 bits per heavy atom. The fourth-order valence-electron chi connectivity index (χ4n) is 2.65. The van der Waals surface area contributed by atoms with Crippen molar-refractivity contribution in [3.8, 4) is 17.1 Å². The number of aromatic nitrogens is 3. The molecule has 3 aromatic rings. The molecule has 0 aliphatic heterocycles. The molecule has 3 rings (SSSR count). The van der Waals surface area contributed by atoms with Gasteiger partial charge in [0.2, 0.25) is 5.91 Å². The third-order valence-corrected chi connectivity index (χ3v) is 5.37. The molecule has 146 valence electrons.